The maximum atomic E-state index is 13.7. The van der Waals surface area contributed by atoms with E-state index in [2.05, 4.69) is 23.5 Å². The number of carbonyl (C=O) groups excluding carboxylic acids is 1. The quantitative estimate of drug-likeness (QED) is 0.361. The second-order valence-electron chi connectivity index (χ2n) is 9.28. The molecule has 0 fully saturated rings. The Hall–Kier alpha value is -2.63. The zero-order valence-corrected chi connectivity index (χ0v) is 21.5. The number of amides is 1. The van der Waals surface area contributed by atoms with E-state index in [1.807, 2.05) is 32.0 Å². The largest absolute Gasteiger partial charge is 0.337 e. The van der Waals surface area contributed by atoms with Crippen LogP contribution in [0.25, 0.3) is 10.2 Å². The van der Waals surface area contributed by atoms with E-state index < -0.39 is 5.54 Å². The van der Waals surface area contributed by atoms with Crippen LogP contribution in [0.5, 0.6) is 0 Å². The first-order valence-electron chi connectivity index (χ1n) is 11.8. The summed E-state index contributed by atoms with van der Waals surface area (Å²) in [6.07, 6.45) is 4.90. The first-order chi connectivity index (χ1) is 16.3. The molecular weight excluding hydrogens is 464 g/mol. The molecule has 0 saturated heterocycles. The minimum atomic E-state index is -0.936. The van der Waals surface area contributed by atoms with Crippen LogP contribution in [0.1, 0.15) is 49.6 Å². The number of thioether (sulfide) groups is 1. The highest BCUT2D eigenvalue weighted by Gasteiger charge is 2.30. The third kappa shape index (κ3) is 5.06. The van der Waals surface area contributed by atoms with E-state index in [-0.39, 0.29) is 23.1 Å². The Labute approximate surface area is 208 Å². The van der Waals surface area contributed by atoms with E-state index >= 15 is 0 Å². The van der Waals surface area contributed by atoms with Gasteiger partial charge in [-0.3, -0.25) is 14.2 Å². The van der Waals surface area contributed by atoms with Crippen molar-refractivity contribution in [1.29, 1.82) is 5.26 Å². The molecule has 1 N–H and O–H groups in total. The van der Waals surface area contributed by atoms with Gasteiger partial charge in [0.15, 0.2) is 5.16 Å². The van der Waals surface area contributed by atoms with Crippen molar-refractivity contribution in [1.82, 2.24) is 14.9 Å². The zero-order valence-electron chi connectivity index (χ0n) is 19.9. The van der Waals surface area contributed by atoms with Gasteiger partial charge in [0, 0.05) is 11.4 Å². The molecule has 8 heteroatoms. The lowest BCUT2D eigenvalue weighted by Crippen LogP contribution is -2.49. The van der Waals surface area contributed by atoms with E-state index in [4.69, 9.17) is 4.98 Å². The number of hydrogen-bond acceptors (Lipinski definition) is 6. The Morgan fingerprint density at radius 3 is 2.74 bits per heavy atom. The topological polar surface area (TPSA) is 87.8 Å². The molecule has 0 radical (unpaired) electrons. The summed E-state index contributed by atoms with van der Waals surface area (Å²) in [6, 6.07) is 12.3. The van der Waals surface area contributed by atoms with Crippen LogP contribution < -0.4 is 10.9 Å². The minimum absolute atomic E-state index is 0.00715. The average Bonchev–Trinajstić information content (AvgIpc) is 3.21. The lowest BCUT2D eigenvalue weighted by molar-refractivity contribution is -0.120. The number of rotatable bonds is 8. The van der Waals surface area contributed by atoms with Crippen LogP contribution in [-0.2, 0) is 30.6 Å². The van der Waals surface area contributed by atoms with Gasteiger partial charge in [0.1, 0.15) is 10.4 Å². The molecule has 4 rings (SSSR count). The molecule has 0 bridgehead atoms. The molecule has 0 spiro atoms. The summed E-state index contributed by atoms with van der Waals surface area (Å²) in [7, 11) is 0. The standard InChI is InChI=1S/C26H30N4O2S2/c1-17(2)26(3,16-27)29-21(31)15-33-25-28-23-22(19-11-7-8-12-20(19)34-23)24(32)30(25)14-13-18-9-5-4-6-10-18/h4-6,9-10,17H,7-8,11-15H2,1-3H3,(H,29,31). The van der Waals surface area contributed by atoms with Crippen LogP contribution >= 0.6 is 23.1 Å². The highest BCUT2D eigenvalue weighted by atomic mass is 32.2. The van der Waals surface area contributed by atoms with Gasteiger partial charge in [-0.2, -0.15) is 5.26 Å². The Bertz CT molecular complexity index is 1290. The number of benzene rings is 1. The van der Waals surface area contributed by atoms with Crippen LogP contribution in [0.15, 0.2) is 40.3 Å². The molecule has 1 aliphatic carbocycles. The summed E-state index contributed by atoms with van der Waals surface area (Å²) < 4.78 is 1.74. The Morgan fingerprint density at radius 2 is 2.03 bits per heavy atom. The van der Waals surface area contributed by atoms with Gasteiger partial charge in [0.25, 0.3) is 5.56 Å². The lowest BCUT2D eigenvalue weighted by atomic mass is 9.90. The maximum absolute atomic E-state index is 13.7. The fraction of sp³-hybridized carbons (Fsp3) is 0.462. The molecule has 1 unspecified atom stereocenters. The highest BCUT2D eigenvalue weighted by Crippen LogP contribution is 2.34. The van der Waals surface area contributed by atoms with Crippen LogP contribution in [0.2, 0.25) is 0 Å². The van der Waals surface area contributed by atoms with Gasteiger partial charge in [-0.25, -0.2) is 4.98 Å². The van der Waals surface area contributed by atoms with Gasteiger partial charge in [0.05, 0.1) is 17.2 Å². The molecule has 1 aromatic carbocycles. The summed E-state index contributed by atoms with van der Waals surface area (Å²) in [5.41, 5.74) is 1.38. The lowest BCUT2D eigenvalue weighted by Gasteiger charge is -2.27. The van der Waals surface area contributed by atoms with Gasteiger partial charge in [0.2, 0.25) is 5.91 Å². The monoisotopic (exact) mass is 494 g/mol. The smallest absolute Gasteiger partial charge is 0.263 e. The van der Waals surface area contributed by atoms with Crippen molar-refractivity contribution in [2.45, 2.75) is 70.1 Å². The van der Waals surface area contributed by atoms with Crippen molar-refractivity contribution in [3.8, 4) is 6.07 Å². The van der Waals surface area contributed by atoms with Crippen LogP contribution in [0.3, 0.4) is 0 Å². The Morgan fingerprint density at radius 1 is 1.29 bits per heavy atom. The molecule has 0 aliphatic heterocycles. The summed E-state index contributed by atoms with van der Waals surface area (Å²) >= 11 is 2.89. The normalized spacial score (nSPS) is 15.0. The molecule has 6 nitrogen and oxygen atoms in total. The molecule has 1 amide bonds. The zero-order chi connectivity index (χ0) is 24.3. The number of nitriles is 1. The first kappa shape index (κ1) is 24.5. The van der Waals surface area contributed by atoms with Crippen molar-refractivity contribution >= 4 is 39.2 Å². The molecule has 1 atom stereocenters. The number of fused-ring (bicyclic) bond motifs is 3. The molecule has 2 heterocycles. The minimum Gasteiger partial charge on any atom is -0.337 e. The van der Waals surface area contributed by atoms with Crippen molar-refractivity contribution in [2.75, 3.05) is 5.75 Å². The number of nitrogens with zero attached hydrogens (tertiary/aromatic N) is 3. The number of hydrogen-bond donors (Lipinski definition) is 1. The van der Waals surface area contributed by atoms with Gasteiger partial charge >= 0.3 is 0 Å². The second kappa shape index (κ2) is 10.3. The van der Waals surface area contributed by atoms with Crippen LogP contribution in [0, 0.1) is 17.2 Å². The van der Waals surface area contributed by atoms with E-state index in [9.17, 15) is 14.9 Å². The molecular formula is C26H30N4O2S2. The molecule has 3 aromatic rings. The van der Waals surface area contributed by atoms with Gasteiger partial charge in [-0.1, -0.05) is 55.9 Å². The second-order valence-corrected chi connectivity index (χ2v) is 11.3. The maximum Gasteiger partial charge on any atom is 0.263 e. The fourth-order valence-electron chi connectivity index (χ4n) is 4.17. The van der Waals surface area contributed by atoms with Gasteiger partial charge < -0.3 is 5.32 Å². The third-order valence-electron chi connectivity index (χ3n) is 6.63. The predicted octanol–water partition coefficient (Wildman–Crippen LogP) is 4.73. The predicted molar refractivity (Wildman–Crippen MR) is 138 cm³/mol. The summed E-state index contributed by atoms with van der Waals surface area (Å²) in [5.74, 6) is -0.169. The van der Waals surface area contributed by atoms with Crippen LogP contribution in [-0.4, -0.2) is 26.8 Å². The number of aryl methyl sites for hydroxylation is 3. The van der Waals surface area contributed by atoms with E-state index in [0.717, 1.165) is 41.5 Å². The highest BCUT2D eigenvalue weighted by molar-refractivity contribution is 7.99. The third-order valence-corrected chi connectivity index (χ3v) is 8.79. The van der Waals surface area contributed by atoms with E-state index in [1.54, 1.807) is 22.8 Å². The number of carbonyl (C=O) groups is 1. The Kier molecular flexibility index (Phi) is 7.44. The number of nitrogens with one attached hydrogen (secondary N) is 1. The molecule has 0 saturated carbocycles. The van der Waals surface area contributed by atoms with Crippen molar-refractivity contribution in [3.05, 3.63) is 56.7 Å². The van der Waals surface area contributed by atoms with Crippen molar-refractivity contribution < 1.29 is 4.79 Å². The summed E-state index contributed by atoms with van der Waals surface area (Å²) in [6.45, 7) is 6.05. The average molecular weight is 495 g/mol. The first-order valence-corrected chi connectivity index (χ1v) is 13.6. The van der Waals surface area contributed by atoms with Crippen molar-refractivity contribution in [3.63, 3.8) is 0 Å². The fourth-order valence-corrected chi connectivity index (χ4v) is 6.30. The van der Waals surface area contributed by atoms with E-state index in [0.29, 0.717) is 18.1 Å². The molecule has 2 aromatic heterocycles. The molecule has 178 valence electrons. The van der Waals surface area contributed by atoms with Gasteiger partial charge in [-0.05, 0) is 56.1 Å². The van der Waals surface area contributed by atoms with E-state index in [1.165, 1.54) is 22.2 Å². The van der Waals surface area contributed by atoms with Gasteiger partial charge in [-0.15, -0.1) is 11.3 Å². The number of thiophene rings is 1. The molecule has 34 heavy (non-hydrogen) atoms. The van der Waals surface area contributed by atoms with Crippen LogP contribution in [0.4, 0.5) is 0 Å². The summed E-state index contributed by atoms with van der Waals surface area (Å²) in [5, 5.41) is 13.7. The SMILES string of the molecule is CC(C)C(C)(C#N)NC(=O)CSc1nc2sc3c(c2c(=O)n1CCc1ccccc1)CCCC3. The summed E-state index contributed by atoms with van der Waals surface area (Å²) in [4.78, 5) is 33.3. The molecule has 1 aliphatic rings. The number of aromatic nitrogens is 2. The van der Waals surface area contributed by atoms with Crippen molar-refractivity contribution in [2.24, 2.45) is 5.92 Å². The Balaban J connectivity index is 1.64.